The van der Waals surface area contributed by atoms with Gasteiger partial charge >= 0.3 is 6.03 Å². The van der Waals surface area contributed by atoms with Crippen LogP contribution in [0.1, 0.15) is 19.4 Å². The average molecular weight is 592 g/mol. The molecule has 0 saturated carbocycles. The third-order valence-electron chi connectivity index (χ3n) is 6.68. The van der Waals surface area contributed by atoms with Gasteiger partial charge in [-0.25, -0.2) is 9.79 Å². The van der Waals surface area contributed by atoms with Crippen LogP contribution in [0.4, 0.5) is 4.79 Å². The molecule has 3 rings (SSSR count). The highest BCUT2D eigenvalue weighted by atomic mass is 35.5. The van der Waals surface area contributed by atoms with Gasteiger partial charge in [0.2, 0.25) is 0 Å². The van der Waals surface area contributed by atoms with Gasteiger partial charge in [0.25, 0.3) is 0 Å². The minimum absolute atomic E-state index is 0.0640. The van der Waals surface area contributed by atoms with E-state index in [4.69, 9.17) is 39.4 Å². The predicted octanol–water partition coefficient (Wildman–Crippen LogP) is 3.90. The molecule has 0 fully saturated rings. The standard InChI is InChI=1S/C28H40Cl2N8O2/c1-18(2)20(14-35(4)5)15-36(6)28(39)37-16-22(24(32)17-37)27(34-19(3)31)26-23(30)12-21(29)13-25(26)40-11-10-38-9-7-8-33-38/h7-9,12-13,18,20H,3,10-11,14-17,31-32H2,1-2,4-6H3/t20-/m1/s1. The van der Waals surface area contributed by atoms with Crippen molar-refractivity contribution in [1.29, 1.82) is 0 Å². The number of benzene rings is 1. The van der Waals surface area contributed by atoms with Crippen molar-refractivity contribution in [2.75, 3.05) is 53.9 Å². The smallest absolute Gasteiger partial charge is 0.320 e. The zero-order valence-electron chi connectivity index (χ0n) is 23.9. The van der Waals surface area contributed by atoms with E-state index in [9.17, 15) is 4.79 Å². The summed E-state index contributed by atoms with van der Waals surface area (Å²) >= 11 is 13.0. The molecular formula is C28H40Cl2N8O2. The molecule has 40 heavy (non-hydrogen) atoms. The molecule has 1 aromatic heterocycles. The molecule has 0 unspecified atom stereocenters. The Morgan fingerprint density at radius 2 is 1.95 bits per heavy atom. The number of halogens is 2. The summed E-state index contributed by atoms with van der Waals surface area (Å²) in [5.41, 5.74) is 14.5. The van der Waals surface area contributed by atoms with E-state index in [2.05, 4.69) is 35.4 Å². The lowest BCUT2D eigenvalue weighted by molar-refractivity contribution is 0.152. The Hall–Kier alpha value is -3.21. The third kappa shape index (κ3) is 8.16. The molecule has 1 atom stereocenters. The maximum absolute atomic E-state index is 13.5. The Morgan fingerprint density at radius 3 is 2.55 bits per heavy atom. The number of amides is 2. The van der Waals surface area contributed by atoms with E-state index in [0.717, 1.165) is 6.54 Å². The Kier molecular flexibility index (Phi) is 10.9. The monoisotopic (exact) mass is 590 g/mol. The van der Waals surface area contributed by atoms with Crippen molar-refractivity contribution in [3.63, 3.8) is 0 Å². The number of urea groups is 1. The number of ether oxygens (including phenoxy) is 1. The molecule has 0 bridgehead atoms. The Morgan fingerprint density at radius 1 is 1.23 bits per heavy atom. The highest BCUT2D eigenvalue weighted by Crippen LogP contribution is 2.35. The summed E-state index contributed by atoms with van der Waals surface area (Å²) in [4.78, 5) is 23.6. The largest absolute Gasteiger partial charge is 0.491 e. The predicted molar refractivity (Wildman–Crippen MR) is 162 cm³/mol. The Balaban J connectivity index is 1.86. The van der Waals surface area contributed by atoms with Gasteiger partial charge in [0.15, 0.2) is 0 Å². The van der Waals surface area contributed by atoms with Crippen molar-refractivity contribution in [2.24, 2.45) is 28.3 Å². The molecule has 1 aliphatic heterocycles. The van der Waals surface area contributed by atoms with E-state index < -0.39 is 0 Å². The van der Waals surface area contributed by atoms with Gasteiger partial charge in [-0.1, -0.05) is 43.6 Å². The summed E-state index contributed by atoms with van der Waals surface area (Å²) in [7, 11) is 5.90. The van der Waals surface area contributed by atoms with Gasteiger partial charge in [0, 0.05) is 48.8 Å². The summed E-state index contributed by atoms with van der Waals surface area (Å²) in [6.45, 7) is 10.9. The van der Waals surface area contributed by atoms with Crippen LogP contribution in [0, 0.1) is 11.8 Å². The molecule has 2 aromatic rings. The summed E-state index contributed by atoms with van der Waals surface area (Å²) in [6.07, 6.45) is 3.54. The molecule has 1 aromatic carbocycles. The molecule has 4 N–H and O–H groups in total. The second-order valence-corrected chi connectivity index (χ2v) is 11.5. The van der Waals surface area contributed by atoms with Crippen molar-refractivity contribution >= 4 is 34.9 Å². The van der Waals surface area contributed by atoms with Gasteiger partial charge in [-0.3, -0.25) is 4.68 Å². The number of nitrogens with zero attached hydrogens (tertiary/aromatic N) is 6. The highest BCUT2D eigenvalue weighted by Gasteiger charge is 2.32. The summed E-state index contributed by atoms with van der Waals surface area (Å²) in [5.74, 6) is 1.22. The van der Waals surface area contributed by atoms with Gasteiger partial charge < -0.3 is 30.9 Å². The lowest BCUT2D eigenvalue weighted by Gasteiger charge is -2.31. The first-order valence-electron chi connectivity index (χ1n) is 13.1. The van der Waals surface area contributed by atoms with E-state index in [1.54, 1.807) is 32.8 Å². The number of nitrogens with two attached hydrogens (primary N) is 2. The Bertz CT molecular complexity index is 1260. The number of carbonyl (C=O) groups is 1. The zero-order chi connectivity index (χ0) is 29.6. The van der Waals surface area contributed by atoms with Crippen LogP contribution in [-0.4, -0.2) is 90.2 Å². The molecular weight excluding hydrogens is 551 g/mol. The third-order valence-corrected chi connectivity index (χ3v) is 7.20. The molecule has 0 aliphatic carbocycles. The van der Waals surface area contributed by atoms with Crippen molar-refractivity contribution in [3.05, 3.63) is 69.9 Å². The lowest BCUT2D eigenvalue weighted by Crippen LogP contribution is -2.45. The number of hydrogen-bond donors (Lipinski definition) is 2. The molecule has 2 amide bonds. The number of aromatic nitrogens is 2. The fourth-order valence-electron chi connectivity index (χ4n) is 4.62. The van der Waals surface area contributed by atoms with Gasteiger partial charge in [0.1, 0.15) is 18.2 Å². The van der Waals surface area contributed by atoms with Crippen molar-refractivity contribution in [3.8, 4) is 5.75 Å². The van der Waals surface area contributed by atoms with Crippen LogP contribution in [0.15, 0.2) is 59.3 Å². The molecule has 10 nitrogen and oxygen atoms in total. The molecule has 12 heteroatoms. The van der Waals surface area contributed by atoms with Crippen LogP contribution < -0.4 is 16.2 Å². The first-order chi connectivity index (χ1) is 18.9. The second kappa shape index (κ2) is 13.9. The zero-order valence-corrected chi connectivity index (χ0v) is 25.4. The number of rotatable bonds is 12. The van der Waals surface area contributed by atoms with Crippen molar-refractivity contribution in [1.82, 2.24) is 24.5 Å². The van der Waals surface area contributed by atoms with Gasteiger partial charge in [-0.2, -0.15) is 5.10 Å². The topological polar surface area (TPSA) is 118 Å². The van der Waals surface area contributed by atoms with Gasteiger partial charge in [-0.15, -0.1) is 0 Å². The second-order valence-electron chi connectivity index (χ2n) is 10.6. The van der Waals surface area contributed by atoms with E-state index in [1.807, 2.05) is 33.4 Å². The molecule has 1 aliphatic rings. The van der Waals surface area contributed by atoms with Crippen LogP contribution in [0.2, 0.25) is 10.0 Å². The van der Waals surface area contributed by atoms with E-state index in [0.29, 0.717) is 69.9 Å². The van der Waals surface area contributed by atoms with E-state index in [1.165, 1.54) is 0 Å². The minimum Gasteiger partial charge on any atom is -0.491 e. The lowest BCUT2D eigenvalue weighted by atomic mass is 9.95. The average Bonchev–Trinajstić information content (AvgIpc) is 3.51. The molecule has 2 heterocycles. The van der Waals surface area contributed by atoms with Gasteiger partial charge in [-0.05, 0) is 44.1 Å². The summed E-state index contributed by atoms with van der Waals surface area (Å²) in [5, 5.41) is 4.91. The normalized spacial score (nSPS) is 14.8. The SMILES string of the molecule is C=C(N)N=C(C1=C(N)CN(C(=O)N(C)C[C@@H](CN(C)C)C(C)C)C1)c1c(Cl)cc(Cl)cc1OCCn1cccn1. The van der Waals surface area contributed by atoms with Crippen LogP contribution in [0.5, 0.6) is 5.75 Å². The maximum atomic E-state index is 13.5. The fraction of sp³-hybridized carbons (Fsp3) is 0.464. The number of aliphatic imine (C=N–C) groups is 1. The maximum Gasteiger partial charge on any atom is 0.320 e. The number of hydrogen-bond acceptors (Lipinski definition) is 7. The van der Waals surface area contributed by atoms with Crippen LogP contribution in [0.25, 0.3) is 0 Å². The van der Waals surface area contributed by atoms with E-state index >= 15 is 0 Å². The summed E-state index contributed by atoms with van der Waals surface area (Å²) < 4.78 is 7.85. The molecule has 0 radical (unpaired) electrons. The first-order valence-corrected chi connectivity index (χ1v) is 13.9. The summed E-state index contributed by atoms with van der Waals surface area (Å²) in [6, 6.07) is 4.99. The molecule has 218 valence electrons. The quantitative estimate of drug-likeness (QED) is 0.362. The fourth-order valence-corrected chi connectivity index (χ4v) is 5.19. The molecule has 0 saturated heterocycles. The highest BCUT2D eigenvalue weighted by molar-refractivity contribution is 6.38. The number of carbonyl (C=O) groups excluding carboxylic acids is 1. The van der Waals surface area contributed by atoms with Crippen LogP contribution in [-0.2, 0) is 6.54 Å². The van der Waals surface area contributed by atoms with Crippen molar-refractivity contribution in [2.45, 2.75) is 20.4 Å². The van der Waals surface area contributed by atoms with Crippen molar-refractivity contribution < 1.29 is 9.53 Å². The minimum atomic E-state index is -0.119. The van der Waals surface area contributed by atoms with Gasteiger partial charge in [0.05, 0.1) is 35.9 Å². The Labute approximate surface area is 246 Å². The van der Waals surface area contributed by atoms with Crippen LogP contribution in [0.3, 0.4) is 0 Å². The first kappa shape index (κ1) is 31.3. The van der Waals surface area contributed by atoms with E-state index in [-0.39, 0.29) is 24.9 Å². The van der Waals surface area contributed by atoms with Crippen LogP contribution >= 0.6 is 23.2 Å². The molecule has 0 spiro atoms.